The molecule has 0 atom stereocenters. The highest BCUT2D eigenvalue weighted by Gasteiger charge is 2.18. The van der Waals surface area contributed by atoms with E-state index >= 15 is 0 Å². The first-order valence-corrected chi connectivity index (χ1v) is 7.74. The Hall–Kier alpha value is -3.33. The summed E-state index contributed by atoms with van der Waals surface area (Å²) in [5.74, 6) is 0.582. The highest BCUT2D eigenvalue weighted by Crippen LogP contribution is 2.31. The zero-order valence-electron chi connectivity index (χ0n) is 12.9. The van der Waals surface area contributed by atoms with E-state index in [0.717, 1.165) is 16.7 Å². The summed E-state index contributed by atoms with van der Waals surface area (Å²) in [6.07, 6.45) is 7.68. The quantitative estimate of drug-likeness (QED) is 0.542. The topological polar surface area (TPSA) is 35.1 Å². The molecule has 2 aromatic carbocycles. The molecule has 2 aromatic rings. The van der Waals surface area contributed by atoms with Crippen molar-refractivity contribution >= 4 is 12.3 Å². The number of hydrogen-bond donors (Lipinski definition) is 0. The van der Waals surface area contributed by atoms with Crippen molar-refractivity contribution < 1.29 is 4.42 Å². The summed E-state index contributed by atoms with van der Waals surface area (Å²) in [5, 5.41) is 0. The van der Waals surface area contributed by atoms with Crippen LogP contribution >= 0.6 is 0 Å². The Morgan fingerprint density at radius 1 is 0.875 bits per heavy atom. The fourth-order valence-corrected chi connectivity index (χ4v) is 2.75. The van der Waals surface area contributed by atoms with Gasteiger partial charge >= 0.3 is 5.63 Å². The summed E-state index contributed by atoms with van der Waals surface area (Å²) in [4.78, 5) is 12.2. The zero-order chi connectivity index (χ0) is 16.4. The van der Waals surface area contributed by atoms with E-state index in [4.69, 9.17) is 4.42 Å². The van der Waals surface area contributed by atoms with Crippen LogP contribution in [0.1, 0.15) is 5.56 Å². The molecule has 0 amide bonds. The molecule has 0 aliphatic carbocycles. The Morgan fingerprint density at radius 3 is 2.33 bits per heavy atom. The monoisotopic (exact) mass is 313 g/mol. The van der Waals surface area contributed by atoms with Gasteiger partial charge in [-0.25, -0.2) is 4.79 Å². The number of pyridine rings is 1. The van der Waals surface area contributed by atoms with Gasteiger partial charge in [0.1, 0.15) is 0 Å². The molecule has 0 N–H and O–H groups in total. The summed E-state index contributed by atoms with van der Waals surface area (Å²) in [6.45, 7) is 0. The Kier molecular flexibility index (Phi) is 3.60. The second kappa shape index (κ2) is 6.05. The van der Waals surface area contributed by atoms with Crippen LogP contribution in [0.4, 0.5) is 0 Å². The van der Waals surface area contributed by atoms with E-state index < -0.39 is 0 Å². The molecule has 0 saturated heterocycles. The van der Waals surface area contributed by atoms with Crippen molar-refractivity contribution in [3.8, 4) is 22.5 Å². The van der Waals surface area contributed by atoms with Crippen molar-refractivity contribution in [1.82, 2.24) is 4.57 Å². The molecule has 116 valence electrons. The van der Waals surface area contributed by atoms with Gasteiger partial charge in [-0.2, -0.15) is 0 Å². The normalized spacial score (nSPS) is 11.3. The Labute approximate surface area is 139 Å². The number of rotatable bonds is 3. The molecule has 3 nitrogen and oxygen atoms in total. The molecule has 0 bridgehead atoms. The second-order valence-electron chi connectivity index (χ2n) is 5.53. The predicted octanol–water partition coefficient (Wildman–Crippen LogP) is 4.84. The van der Waals surface area contributed by atoms with Crippen LogP contribution in [0.5, 0.6) is 0 Å². The first kappa shape index (κ1) is 14.3. The smallest absolute Gasteiger partial charge is 0.344 e. The average Bonchev–Trinajstić information content (AvgIpc) is 2.96. The summed E-state index contributed by atoms with van der Waals surface area (Å²) in [5.41, 5.74) is 3.12. The molecule has 0 radical (unpaired) electrons. The fraction of sp³-hybridized carbons (Fsp3) is 0. The molecule has 2 heterocycles. The van der Waals surface area contributed by atoms with Crippen LogP contribution < -0.4 is 5.63 Å². The van der Waals surface area contributed by atoms with Gasteiger partial charge in [0.2, 0.25) is 0 Å². The van der Waals surface area contributed by atoms with Gasteiger partial charge in [-0.1, -0.05) is 60.7 Å². The highest BCUT2D eigenvalue weighted by molar-refractivity contribution is 5.81. The van der Waals surface area contributed by atoms with Crippen molar-refractivity contribution in [2.24, 2.45) is 0 Å². The van der Waals surface area contributed by atoms with E-state index in [-0.39, 0.29) is 5.63 Å². The molecule has 0 aromatic heterocycles. The zero-order valence-corrected chi connectivity index (χ0v) is 12.9. The number of furan rings is 1. The average molecular weight is 313 g/mol. The van der Waals surface area contributed by atoms with Crippen molar-refractivity contribution in [3.63, 3.8) is 0 Å². The highest BCUT2D eigenvalue weighted by atomic mass is 16.4. The Bertz CT molecular complexity index is 1010. The van der Waals surface area contributed by atoms with Crippen LogP contribution in [0, 0.1) is 0 Å². The first-order valence-electron chi connectivity index (χ1n) is 7.74. The van der Waals surface area contributed by atoms with Crippen molar-refractivity contribution in [1.29, 1.82) is 0 Å². The van der Waals surface area contributed by atoms with Gasteiger partial charge in [0.15, 0.2) is 5.76 Å². The van der Waals surface area contributed by atoms with Gasteiger partial charge in [-0.15, -0.1) is 0 Å². The minimum absolute atomic E-state index is 0.305. The van der Waals surface area contributed by atoms with E-state index in [1.807, 2.05) is 96.0 Å². The summed E-state index contributed by atoms with van der Waals surface area (Å²) < 4.78 is 7.32. The fourth-order valence-electron chi connectivity index (χ4n) is 2.75. The lowest BCUT2D eigenvalue weighted by atomic mass is 10.0. The third kappa shape index (κ3) is 2.68. The molecular weight excluding hydrogens is 298 g/mol. The maximum absolute atomic E-state index is 12.2. The van der Waals surface area contributed by atoms with Crippen LogP contribution in [-0.4, -0.2) is 4.57 Å². The lowest BCUT2D eigenvalue weighted by Gasteiger charge is -2.04. The molecule has 0 unspecified atom stereocenters. The van der Waals surface area contributed by atoms with Crippen molar-refractivity contribution in [3.05, 3.63) is 95.1 Å². The molecule has 2 aliphatic heterocycles. The summed E-state index contributed by atoms with van der Waals surface area (Å²) >= 11 is 0. The molecule has 24 heavy (non-hydrogen) atoms. The van der Waals surface area contributed by atoms with E-state index in [2.05, 4.69) is 0 Å². The lowest BCUT2D eigenvalue weighted by Crippen LogP contribution is -1.95. The van der Waals surface area contributed by atoms with Crippen molar-refractivity contribution in [2.75, 3.05) is 0 Å². The molecule has 0 saturated carbocycles. The van der Waals surface area contributed by atoms with Crippen molar-refractivity contribution in [2.45, 2.75) is 0 Å². The summed E-state index contributed by atoms with van der Waals surface area (Å²) in [7, 11) is 0. The van der Waals surface area contributed by atoms with Crippen LogP contribution in [0.3, 0.4) is 0 Å². The molecule has 3 heteroatoms. The Morgan fingerprint density at radius 2 is 1.58 bits per heavy atom. The second-order valence-corrected chi connectivity index (χ2v) is 5.53. The third-order valence-corrected chi connectivity index (χ3v) is 3.92. The van der Waals surface area contributed by atoms with Crippen LogP contribution in [-0.2, 0) is 0 Å². The lowest BCUT2D eigenvalue weighted by molar-refractivity contribution is 0.543. The molecular formula is C21H15NO2. The number of hydrogen-bond acceptors (Lipinski definition) is 2. The maximum atomic E-state index is 12.2. The van der Waals surface area contributed by atoms with E-state index in [1.54, 1.807) is 0 Å². The molecule has 0 fully saturated rings. The van der Waals surface area contributed by atoms with E-state index in [1.165, 1.54) is 0 Å². The van der Waals surface area contributed by atoms with E-state index in [9.17, 15) is 4.79 Å². The SMILES string of the molecule is O=c1oc2cn(C=Cc3ccccc3)ccc-2c1-c1ccccc1. The molecule has 2 aliphatic rings. The maximum Gasteiger partial charge on any atom is 0.344 e. The van der Waals surface area contributed by atoms with E-state index in [0.29, 0.717) is 11.3 Å². The van der Waals surface area contributed by atoms with Gasteiger partial charge in [0.25, 0.3) is 0 Å². The standard InChI is InChI=1S/C21H15NO2/c23-21-20(17-9-5-2-6-10-17)18-12-14-22(15-19(18)24-21)13-11-16-7-3-1-4-8-16/h1-15H. The summed E-state index contributed by atoms with van der Waals surface area (Å²) in [6, 6.07) is 21.6. The third-order valence-electron chi connectivity index (χ3n) is 3.92. The van der Waals surface area contributed by atoms with Gasteiger partial charge in [0, 0.05) is 18.0 Å². The van der Waals surface area contributed by atoms with Gasteiger partial charge in [-0.3, -0.25) is 0 Å². The van der Waals surface area contributed by atoms with Crippen LogP contribution in [0.2, 0.25) is 0 Å². The van der Waals surface area contributed by atoms with Gasteiger partial charge < -0.3 is 8.98 Å². The first-order chi connectivity index (χ1) is 11.8. The number of nitrogens with zero attached hydrogens (tertiary/aromatic N) is 1. The molecule has 4 rings (SSSR count). The van der Waals surface area contributed by atoms with Gasteiger partial charge in [-0.05, 0) is 23.3 Å². The number of fused-ring (bicyclic) bond motifs is 1. The molecule has 0 spiro atoms. The number of aromatic nitrogens is 1. The number of benzene rings is 2. The largest absolute Gasteiger partial charge is 0.421 e. The minimum Gasteiger partial charge on any atom is -0.421 e. The Balaban J connectivity index is 1.74. The van der Waals surface area contributed by atoms with Gasteiger partial charge in [0.05, 0.1) is 11.8 Å². The van der Waals surface area contributed by atoms with Crippen LogP contribution in [0.25, 0.3) is 34.7 Å². The predicted molar refractivity (Wildman–Crippen MR) is 96.7 cm³/mol. The van der Waals surface area contributed by atoms with Crippen LogP contribution in [0.15, 0.2) is 88.3 Å². The minimum atomic E-state index is -0.305.